The van der Waals surface area contributed by atoms with E-state index in [-0.39, 0.29) is 17.7 Å². The maximum Gasteiger partial charge on any atom is 0.267 e. The van der Waals surface area contributed by atoms with Crippen LogP contribution in [-0.2, 0) is 4.79 Å². The van der Waals surface area contributed by atoms with E-state index in [0.717, 1.165) is 30.1 Å². The van der Waals surface area contributed by atoms with Gasteiger partial charge in [-0.15, -0.1) is 0 Å². The minimum atomic E-state index is -0.0123. The van der Waals surface area contributed by atoms with E-state index in [4.69, 9.17) is 4.99 Å². The lowest BCUT2D eigenvalue weighted by Crippen LogP contribution is -2.44. The summed E-state index contributed by atoms with van der Waals surface area (Å²) in [4.78, 5) is 20.6. The summed E-state index contributed by atoms with van der Waals surface area (Å²) >= 11 is 1.40. The number of amides is 1. The fourth-order valence-corrected chi connectivity index (χ4v) is 4.94. The van der Waals surface area contributed by atoms with Crippen LogP contribution in [0, 0.1) is 5.92 Å². The quantitative estimate of drug-likeness (QED) is 0.694. The molecule has 28 heavy (non-hydrogen) atoms. The van der Waals surface area contributed by atoms with Crippen LogP contribution in [0.5, 0.6) is 5.75 Å². The summed E-state index contributed by atoms with van der Waals surface area (Å²) in [5.41, 5.74) is 1.49. The molecule has 144 valence electrons. The third-order valence-corrected chi connectivity index (χ3v) is 6.42. The number of phenolic OH excluding ortho intramolecular Hbond substituents is 1. The summed E-state index contributed by atoms with van der Waals surface area (Å²) in [6.45, 7) is 2.23. The smallest absolute Gasteiger partial charge is 0.267 e. The number of carbonyl (C=O) groups excluding carboxylic acids is 1. The number of rotatable bonds is 3. The first-order valence-corrected chi connectivity index (χ1v) is 10.6. The van der Waals surface area contributed by atoms with Crippen molar-refractivity contribution in [2.45, 2.75) is 38.6 Å². The van der Waals surface area contributed by atoms with Crippen LogP contribution in [0.25, 0.3) is 6.08 Å². The molecule has 1 aliphatic heterocycles. The number of aliphatic imine (C=N–C) groups is 1. The molecule has 4 nitrogen and oxygen atoms in total. The standard InChI is InChI=1S/C23H24N2O2S/c1-16-9-5-7-13-19(16)25-22(27)21(15-17-10-6-8-14-20(17)26)28-23(25)24-18-11-3-2-4-12-18/h2-4,6,8,10-12,14-16,19,26H,5,7,9,13H2,1H3/b21-15-,24-23?/t16-,19+/m0/s1. The molecule has 1 N–H and O–H groups in total. The summed E-state index contributed by atoms with van der Waals surface area (Å²) in [5.74, 6) is 0.611. The van der Waals surface area contributed by atoms with Gasteiger partial charge in [0, 0.05) is 11.6 Å². The molecule has 4 rings (SSSR count). The molecule has 2 fully saturated rings. The Morgan fingerprint density at radius 1 is 1.07 bits per heavy atom. The highest BCUT2D eigenvalue weighted by atomic mass is 32.2. The van der Waals surface area contributed by atoms with Crippen LogP contribution < -0.4 is 0 Å². The summed E-state index contributed by atoms with van der Waals surface area (Å²) in [7, 11) is 0. The number of hydrogen-bond donors (Lipinski definition) is 1. The van der Waals surface area contributed by atoms with Crippen LogP contribution >= 0.6 is 11.8 Å². The van der Waals surface area contributed by atoms with Gasteiger partial charge in [-0.2, -0.15) is 0 Å². The molecular weight excluding hydrogens is 368 g/mol. The van der Waals surface area contributed by atoms with Gasteiger partial charge in [0.15, 0.2) is 5.17 Å². The van der Waals surface area contributed by atoms with Crippen LogP contribution in [-0.4, -0.2) is 27.1 Å². The third kappa shape index (κ3) is 3.85. The predicted octanol–water partition coefficient (Wildman–Crippen LogP) is 5.57. The molecule has 0 unspecified atom stereocenters. The number of nitrogens with zero attached hydrogens (tertiary/aromatic N) is 2. The molecule has 2 aromatic carbocycles. The van der Waals surface area contributed by atoms with Crippen molar-refractivity contribution in [1.29, 1.82) is 0 Å². The van der Waals surface area contributed by atoms with E-state index in [9.17, 15) is 9.90 Å². The van der Waals surface area contributed by atoms with E-state index < -0.39 is 0 Å². The van der Waals surface area contributed by atoms with Crippen molar-refractivity contribution in [2.75, 3.05) is 0 Å². The zero-order valence-corrected chi connectivity index (χ0v) is 16.7. The van der Waals surface area contributed by atoms with E-state index in [1.165, 1.54) is 18.2 Å². The molecule has 2 atom stereocenters. The van der Waals surface area contributed by atoms with Gasteiger partial charge in [-0.3, -0.25) is 9.69 Å². The number of benzene rings is 2. The Morgan fingerprint density at radius 3 is 2.54 bits per heavy atom. The van der Waals surface area contributed by atoms with Crippen LogP contribution in [0.2, 0.25) is 0 Å². The second-order valence-corrected chi connectivity index (χ2v) is 8.41. The lowest BCUT2D eigenvalue weighted by atomic mass is 9.85. The summed E-state index contributed by atoms with van der Waals surface area (Å²) in [6.07, 6.45) is 6.27. The van der Waals surface area contributed by atoms with Crippen LogP contribution in [0.3, 0.4) is 0 Å². The van der Waals surface area contributed by atoms with E-state index in [1.807, 2.05) is 47.4 Å². The molecule has 2 aromatic rings. The van der Waals surface area contributed by atoms with E-state index in [2.05, 4.69) is 6.92 Å². The van der Waals surface area contributed by atoms with E-state index >= 15 is 0 Å². The van der Waals surface area contributed by atoms with Crippen molar-refractivity contribution in [3.8, 4) is 5.75 Å². The Labute approximate surface area is 170 Å². The number of amidine groups is 1. The first-order chi connectivity index (χ1) is 13.6. The zero-order valence-electron chi connectivity index (χ0n) is 15.9. The van der Waals surface area contributed by atoms with E-state index in [0.29, 0.717) is 16.4 Å². The normalized spacial score (nSPS) is 25.6. The van der Waals surface area contributed by atoms with Gasteiger partial charge >= 0.3 is 0 Å². The average molecular weight is 393 g/mol. The summed E-state index contributed by atoms with van der Waals surface area (Å²) in [5, 5.41) is 10.8. The highest BCUT2D eigenvalue weighted by Crippen LogP contribution is 2.40. The van der Waals surface area contributed by atoms with Crippen molar-refractivity contribution in [2.24, 2.45) is 10.9 Å². The zero-order chi connectivity index (χ0) is 19.5. The molecule has 1 amide bonds. The second kappa shape index (κ2) is 8.23. The van der Waals surface area contributed by atoms with Gasteiger partial charge in [-0.1, -0.05) is 56.2 Å². The predicted molar refractivity (Wildman–Crippen MR) is 115 cm³/mol. The van der Waals surface area contributed by atoms with Gasteiger partial charge in [0.1, 0.15) is 5.75 Å². The Kier molecular flexibility index (Phi) is 5.53. The topological polar surface area (TPSA) is 52.9 Å². The first kappa shape index (κ1) is 18.8. The van der Waals surface area contributed by atoms with Crippen molar-refractivity contribution in [3.63, 3.8) is 0 Å². The van der Waals surface area contributed by atoms with Crippen molar-refractivity contribution in [3.05, 3.63) is 65.1 Å². The van der Waals surface area contributed by atoms with Crippen molar-refractivity contribution in [1.82, 2.24) is 4.90 Å². The van der Waals surface area contributed by atoms with Crippen molar-refractivity contribution >= 4 is 34.6 Å². The molecule has 0 radical (unpaired) electrons. The SMILES string of the molecule is C[C@H]1CCCC[C@H]1N1C(=O)/C(=C/c2ccccc2O)SC1=Nc1ccccc1. The lowest BCUT2D eigenvalue weighted by molar-refractivity contribution is -0.124. The van der Waals surface area contributed by atoms with Crippen LogP contribution in [0.15, 0.2) is 64.5 Å². The number of phenols is 1. The van der Waals surface area contributed by atoms with E-state index in [1.54, 1.807) is 18.2 Å². The molecular formula is C23H24N2O2S. The summed E-state index contributed by atoms with van der Waals surface area (Å²) in [6, 6.07) is 17.0. The second-order valence-electron chi connectivity index (χ2n) is 7.40. The fourth-order valence-electron chi connectivity index (χ4n) is 3.90. The largest absolute Gasteiger partial charge is 0.507 e. The van der Waals surface area contributed by atoms with Gasteiger partial charge in [0.25, 0.3) is 5.91 Å². The summed E-state index contributed by atoms with van der Waals surface area (Å²) < 4.78 is 0. The molecule has 1 heterocycles. The number of aromatic hydroxyl groups is 1. The number of carbonyl (C=O) groups is 1. The number of hydrogen-bond acceptors (Lipinski definition) is 4. The number of para-hydroxylation sites is 2. The Morgan fingerprint density at radius 2 is 1.79 bits per heavy atom. The average Bonchev–Trinajstić information content (AvgIpc) is 3.00. The molecule has 0 aromatic heterocycles. The van der Waals surface area contributed by atoms with Gasteiger partial charge in [-0.05, 0) is 54.8 Å². The van der Waals surface area contributed by atoms with Gasteiger partial charge in [0.2, 0.25) is 0 Å². The fraction of sp³-hybridized carbons (Fsp3) is 0.304. The van der Waals surface area contributed by atoms with Crippen molar-refractivity contribution < 1.29 is 9.90 Å². The lowest BCUT2D eigenvalue weighted by Gasteiger charge is -2.35. The monoisotopic (exact) mass is 392 g/mol. The van der Waals surface area contributed by atoms with Crippen LogP contribution in [0.4, 0.5) is 5.69 Å². The van der Waals surface area contributed by atoms with Gasteiger partial charge in [-0.25, -0.2) is 4.99 Å². The molecule has 5 heteroatoms. The molecule has 2 aliphatic rings. The Balaban J connectivity index is 1.73. The van der Waals surface area contributed by atoms with Gasteiger partial charge < -0.3 is 5.11 Å². The Hall–Kier alpha value is -2.53. The molecule has 0 spiro atoms. The molecule has 1 saturated heterocycles. The third-order valence-electron chi connectivity index (χ3n) is 5.44. The molecule has 1 saturated carbocycles. The molecule has 0 bridgehead atoms. The molecule has 1 aliphatic carbocycles. The Bertz CT molecular complexity index is 923. The maximum atomic E-state index is 13.3. The number of thioether (sulfide) groups is 1. The highest BCUT2D eigenvalue weighted by molar-refractivity contribution is 8.18. The minimum Gasteiger partial charge on any atom is -0.507 e. The maximum absolute atomic E-state index is 13.3. The minimum absolute atomic E-state index is 0.0123. The van der Waals surface area contributed by atoms with Gasteiger partial charge in [0.05, 0.1) is 10.6 Å². The van der Waals surface area contributed by atoms with Crippen LogP contribution in [0.1, 0.15) is 38.2 Å². The highest BCUT2D eigenvalue weighted by Gasteiger charge is 2.41. The first-order valence-electron chi connectivity index (χ1n) is 9.78.